The van der Waals surface area contributed by atoms with Gasteiger partial charge in [0, 0.05) is 5.56 Å². The standard InChI is InChI=1S/C12H12N4O2/c13-11-8(5-14-16-11)12(17)15-9-6-18-10-4-2-1-3-7(9)10/h1-5,9H,6H2,(H,15,17)(H3,13,14,16). The number of para-hydroxylation sites is 1. The number of nitrogen functional groups attached to an aromatic ring is 1. The fourth-order valence-corrected chi connectivity index (χ4v) is 2.00. The number of aromatic nitrogens is 2. The number of anilines is 1. The predicted molar refractivity (Wildman–Crippen MR) is 65.1 cm³/mol. The Kier molecular flexibility index (Phi) is 2.40. The summed E-state index contributed by atoms with van der Waals surface area (Å²) >= 11 is 0. The van der Waals surface area contributed by atoms with Crippen LogP contribution in [0.2, 0.25) is 0 Å². The molecular weight excluding hydrogens is 232 g/mol. The largest absolute Gasteiger partial charge is 0.491 e. The highest BCUT2D eigenvalue weighted by molar-refractivity contribution is 5.98. The van der Waals surface area contributed by atoms with Crippen molar-refractivity contribution >= 4 is 11.7 Å². The second-order valence-electron chi connectivity index (χ2n) is 4.07. The minimum atomic E-state index is -0.258. The van der Waals surface area contributed by atoms with Crippen LogP contribution in [0.25, 0.3) is 0 Å². The second kappa shape index (κ2) is 4.06. The summed E-state index contributed by atoms with van der Waals surface area (Å²) in [6.07, 6.45) is 1.41. The molecule has 6 heteroatoms. The average molecular weight is 244 g/mol. The van der Waals surface area contributed by atoms with Gasteiger partial charge in [0.05, 0.1) is 12.2 Å². The first-order valence-electron chi connectivity index (χ1n) is 5.57. The Labute approximate surface area is 103 Å². The SMILES string of the molecule is Nc1[nH]ncc1C(=O)NC1COc2ccccc21. The molecular formula is C12H12N4O2. The van der Waals surface area contributed by atoms with Crippen molar-refractivity contribution in [1.29, 1.82) is 0 Å². The normalized spacial score (nSPS) is 17.0. The number of carbonyl (C=O) groups is 1. The highest BCUT2D eigenvalue weighted by Crippen LogP contribution is 2.31. The molecule has 0 bridgehead atoms. The Morgan fingerprint density at radius 2 is 2.33 bits per heavy atom. The number of rotatable bonds is 2. The molecule has 1 amide bonds. The molecule has 1 aromatic carbocycles. The molecule has 0 radical (unpaired) electrons. The van der Waals surface area contributed by atoms with Gasteiger partial charge in [-0.25, -0.2) is 0 Å². The highest BCUT2D eigenvalue weighted by atomic mass is 16.5. The number of hydrogen-bond acceptors (Lipinski definition) is 4. The molecule has 0 spiro atoms. The van der Waals surface area contributed by atoms with Crippen LogP contribution in [-0.4, -0.2) is 22.7 Å². The van der Waals surface area contributed by atoms with Crippen LogP contribution >= 0.6 is 0 Å². The van der Waals surface area contributed by atoms with Crippen molar-refractivity contribution in [1.82, 2.24) is 15.5 Å². The van der Waals surface area contributed by atoms with Gasteiger partial charge in [-0.3, -0.25) is 9.89 Å². The molecule has 1 aromatic heterocycles. The quantitative estimate of drug-likeness (QED) is 0.730. The summed E-state index contributed by atoms with van der Waals surface area (Å²) < 4.78 is 5.49. The molecule has 2 aromatic rings. The van der Waals surface area contributed by atoms with E-state index in [2.05, 4.69) is 15.5 Å². The number of nitrogens with zero attached hydrogens (tertiary/aromatic N) is 1. The smallest absolute Gasteiger partial charge is 0.257 e. The van der Waals surface area contributed by atoms with E-state index in [9.17, 15) is 4.79 Å². The van der Waals surface area contributed by atoms with E-state index in [0.29, 0.717) is 12.2 Å². The van der Waals surface area contributed by atoms with Gasteiger partial charge in [-0.05, 0) is 6.07 Å². The number of benzene rings is 1. The molecule has 4 N–H and O–H groups in total. The van der Waals surface area contributed by atoms with Crippen LogP contribution in [0.3, 0.4) is 0 Å². The maximum absolute atomic E-state index is 12.0. The Balaban J connectivity index is 1.79. The molecule has 18 heavy (non-hydrogen) atoms. The number of carbonyl (C=O) groups excluding carboxylic acids is 1. The van der Waals surface area contributed by atoms with E-state index in [1.165, 1.54) is 6.20 Å². The summed E-state index contributed by atoms with van der Waals surface area (Å²) in [5.74, 6) is 0.814. The summed E-state index contributed by atoms with van der Waals surface area (Å²) in [5, 5.41) is 9.12. The summed E-state index contributed by atoms with van der Waals surface area (Å²) in [7, 11) is 0. The number of nitrogens with two attached hydrogens (primary N) is 1. The lowest BCUT2D eigenvalue weighted by molar-refractivity contribution is 0.0931. The van der Waals surface area contributed by atoms with Crippen molar-refractivity contribution in [2.75, 3.05) is 12.3 Å². The first-order valence-corrected chi connectivity index (χ1v) is 5.57. The van der Waals surface area contributed by atoms with Crippen molar-refractivity contribution in [3.05, 3.63) is 41.6 Å². The van der Waals surface area contributed by atoms with E-state index in [1.807, 2.05) is 24.3 Å². The maximum atomic E-state index is 12.0. The van der Waals surface area contributed by atoms with Crippen LogP contribution in [0.5, 0.6) is 5.75 Å². The zero-order chi connectivity index (χ0) is 12.5. The zero-order valence-corrected chi connectivity index (χ0v) is 9.51. The van der Waals surface area contributed by atoms with Gasteiger partial charge >= 0.3 is 0 Å². The third kappa shape index (κ3) is 1.67. The van der Waals surface area contributed by atoms with Crippen LogP contribution in [0.4, 0.5) is 5.82 Å². The molecule has 0 saturated heterocycles. The van der Waals surface area contributed by atoms with E-state index < -0.39 is 0 Å². The lowest BCUT2D eigenvalue weighted by Crippen LogP contribution is -2.29. The van der Waals surface area contributed by atoms with Crippen LogP contribution in [0.15, 0.2) is 30.5 Å². The molecule has 1 aliphatic heterocycles. The van der Waals surface area contributed by atoms with E-state index in [-0.39, 0.29) is 17.8 Å². The molecule has 0 saturated carbocycles. The first kappa shape index (κ1) is 10.6. The minimum absolute atomic E-state index is 0.150. The number of aromatic amines is 1. The second-order valence-corrected chi connectivity index (χ2v) is 4.07. The number of ether oxygens (including phenoxy) is 1. The lowest BCUT2D eigenvalue weighted by atomic mass is 10.1. The first-order chi connectivity index (χ1) is 8.75. The monoisotopic (exact) mass is 244 g/mol. The zero-order valence-electron chi connectivity index (χ0n) is 9.51. The number of H-pyrrole nitrogens is 1. The Hall–Kier alpha value is -2.50. The van der Waals surface area contributed by atoms with Gasteiger partial charge in [0.25, 0.3) is 5.91 Å². The van der Waals surface area contributed by atoms with E-state index in [4.69, 9.17) is 10.5 Å². The van der Waals surface area contributed by atoms with Crippen molar-refractivity contribution < 1.29 is 9.53 Å². The number of amides is 1. The topological polar surface area (TPSA) is 93.0 Å². The molecule has 0 aliphatic carbocycles. The molecule has 0 fully saturated rings. The molecule has 2 heterocycles. The predicted octanol–water partition coefficient (Wildman–Crippen LogP) is 0.855. The Morgan fingerprint density at radius 3 is 3.11 bits per heavy atom. The van der Waals surface area contributed by atoms with E-state index >= 15 is 0 Å². The molecule has 1 aliphatic rings. The molecule has 1 unspecified atom stereocenters. The van der Waals surface area contributed by atoms with Crippen LogP contribution < -0.4 is 15.8 Å². The molecule has 1 atom stereocenters. The van der Waals surface area contributed by atoms with Crippen LogP contribution in [0, 0.1) is 0 Å². The molecule has 6 nitrogen and oxygen atoms in total. The van der Waals surface area contributed by atoms with Gasteiger partial charge in [0.1, 0.15) is 23.7 Å². The summed E-state index contributed by atoms with van der Waals surface area (Å²) in [4.78, 5) is 12.0. The Bertz CT molecular complexity index is 593. The average Bonchev–Trinajstić information content (AvgIpc) is 2.97. The van der Waals surface area contributed by atoms with Crippen molar-refractivity contribution in [2.45, 2.75) is 6.04 Å². The fourth-order valence-electron chi connectivity index (χ4n) is 2.00. The highest BCUT2D eigenvalue weighted by Gasteiger charge is 2.26. The van der Waals surface area contributed by atoms with Gasteiger partial charge in [-0.15, -0.1) is 0 Å². The van der Waals surface area contributed by atoms with Crippen molar-refractivity contribution in [3.63, 3.8) is 0 Å². The Morgan fingerprint density at radius 1 is 1.50 bits per heavy atom. The number of hydrogen-bond donors (Lipinski definition) is 3. The fraction of sp³-hybridized carbons (Fsp3) is 0.167. The van der Waals surface area contributed by atoms with Gasteiger partial charge in [-0.1, -0.05) is 18.2 Å². The van der Waals surface area contributed by atoms with Crippen molar-refractivity contribution in [3.8, 4) is 5.75 Å². The van der Waals surface area contributed by atoms with Gasteiger partial charge in [-0.2, -0.15) is 5.10 Å². The summed E-state index contributed by atoms with van der Waals surface area (Å²) in [5.41, 5.74) is 6.93. The lowest BCUT2D eigenvalue weighted by Gasteiger charge is -2.10. The van der Waals surface area contributed by atoms with E-state index in [1.54, 1.807) is 0 Å². The number of nitrogens with one attached hydrogen (secondary N) is 2. The molecule has 3 rings (SSSR count). The van der Waals surface area contributed by atoms with Gasteiger partial charge in [0.2, 0.25) is 0 Å². The van der Waals surface area contributed by atoms with Gasteiger partial charge in [0.15, 0.2) is 0 Å². The molecule has 92 valence electrons. The maximum Gasteiger partial charge on any atom is 0.257 e. The van der Waals surface area contributed by atoms with Crippen LogP contribution in [0.1, 0.15) is 22.0 Å². The van der Waals surface area contributed by atoms with E-state index in [0.717, 1.165) is 11.3 Å². The summed E-state index contributed by atoms with van der Waals surface area (Å²) in [6.45, 7) is 0.433. The third-order valence-electron chi connectivity index (χ3n) is 2.92. The van der Waals surface area contributed by atoms with Crippen LogP contribution in [-0.2, 0) is 0 Å². The van der Waals surface area contributed by atoms with Crippen molar-refractivity contribution in [2.24, 2.45) is 0 Å². The third-order valence-corrected chi connectivity index (χ3v) is 2.92. The number of fused-ring (bicyclic) bond motifs is 1. The summed E-state index contributed by atoms with van der Waals surface area (Å²) in [6, 6.07) is 7.48. The van der Waals surface area contributed by atoms with Gasteiger partial charge < -0.3 is 15.8 Å². The minimum Gasteiger partial charge on any atom is -0.491 e.